The molecule has 0 atom stereocenters. The van der Waals surface area contributed by atoms with Crippen LogP contribution < -0.4 is 10.0 Å². The predicted octanol–water partition coefficient (Wildman–Crippen LogP) is 7.58. The normalized spacial score (nSPS) is 18.3. The van der Waals surface area contributed by atoms with Crippen LogP contribution in [0.25, 0.3) is 21.9 Å². The van der Waals surface area contributed by atoms with Gasteiger partial charge in [0.15, 0.2) is 0 Å². The number of benzene rings is 3. The average Bonchev–Trinajstić information content (AvgIpc) is 2.91. The first-order valence-corrected chi connectivity index (χ1v) is 14.6. The van der Waals surface area contributed by atoms with Crippen LogP contribution in [0.5, 0.6) is 17.2 Å². The van der Waals surface area contributed by atoms with Crippen molar-refractivity contribution in [2.24, 2.45) is 0 Å². The molecule has 2 saturated carbocycles. The van der Waals surface area contributed by atoms with E-state index in [0.29, 0.717) is 33.0 Å². The SMILES string of the molecule is COc1ccccc1-c1c(P(=O)(C2CCCCC2)C2CCCCC2)c(O)c2ccccc2c1O. The smallest absolute Gasteiger partial charge is 0.135 e. The summed E-state index contributed by atoms with van der Waals surface area (Å²) < 4.78 is 21.3. The van der Waals surface area contributed by atoms with Crippen LogP contribution in [0.2, 0.25) is 0 Å². The Labute approximate surface area is 202 Å². The van der Waals surface area contributed by atoms with Crippen molar-refractivity contribution >= 4 is 23.2 Å². The fourth-order valence-electron chi connectivity index (χ4n) is 6.43. The van der Waals surface area contributed by atoms with E-state index in [1.54, 1.807) is 7.11 Å². The van der Waals surface area contributed by atoms with E-state index >= 15 is 4.57 Å². The molecule has 3 aromatic carbocycles. The van der Waals surface area contributed by atoms with Gasteiger partial charge in [-0.2, -0.15) is 0 Å². The Bertz CT molecular complexity index is 1200. The lowest BCUT2D eigenvalue weighted by atomic mass is 9.97. The van der Waals surface area contributed by atoms with Gasteiger partial charge < -0.3 is 19.5 Å². The van der Waals surface area contributed by atoms with Crippen molar-refractivity contribution < 1.29 is 19.5 Å². The number of ether oxygens (including phenoxy) is 1. The molecule has 0 radical (unpaired) electrons. The highest BCUT2D eigenvalue weighted by Crippen LogP contribution is 2.66. The molecule has 5 heteroatoms. The lowest BCUT2D eigenvalue weighted by molar-refractivity contribution is 0.415. The Hall–Kier alpha value is -2.45. The molecule has 0 aliphatic heterocycles. The number of aromatic hydroxyl groups is 2. The molecule has 0 saturated heterocycles. The van der Waals surface area contributed by atoms with Gasteiger partial charge in [-0.3, -0.25) is 0 Å². The van der Waals surface area contributed by atoms with Gasteiger partial charge in [-0.1, -0.05) is 81.0 Å². The van der Waals surface area contributed by atoms with E-state index < -0.39 is 7.14 Å². The van der Waals surface area contributed by atoms with Crippen molar-refractivity contribution in [1.82, 2.24) is 0 Å². The number of hydrogen-bond donors (Lipinski definition) is 2. The maximum atomic E-state index is 15.6. The summed E-state index contributed by atoms with van der Waals surface area (Å²) in [5.74, 6) is 0.765. The Kier molecular flexibility index (Phi) is 6.62. The van der Waals surface area contributed by atoms with Crippen LogP contribution in [0, 0.1) is 0 Å². The zero-order chi connectivity index (χ0) is 23.7. The largest absolute Gasteiger partial charge is 0.507 e. The molecular formula is C29H35O4P. The molecule has 5 rings (SSSR count). The summed E-state index contributed by atoms with van der Waals surface area (Å²) in [6.07, 6.45) is 10.3. The lowest BCUT2D eigenvalue weighted by Gasteiger charge is -2.40. The first-order valence-electron chi connectivity index (χ1n) is 12.8. The summed E-state index contributed by atoms with van der Waals surface area (Å²) >= 11 is 0. The molecule has 4 nitrogen and oxygen atoms in total. The third kappa shape index (κ3) is 3.81. The summed E-state index contributed by atoms with van der Waals surface area (Å²) in [4.78, 5) is 0. The molecule has 0 amide bonds. The summed E-state index contributed by atoms with van der Waals surface area (Å²) in [7, 11) is -1.48. The first-order chi connectivity index (χ1) is 16.6. The zero-order valence-corrected chi connectivity index (χ0v) is 20.9. The van der Waals surface area contributed by atoms with Crippen LogP contribution in [-0.2, 0) is 4.57 Å². The van der Waals surface area contributed by atoms with Crippen molar-refractivity contribution in [1.29, 1.82) is 0 Å². The molecule has 34 heavy (non-hydrogen) atoms. The van der Waals surface area contributed by atoms with Gasteiger partial charge in [0.2, 0.25) is 0 Å². The first kappa shape index (κ1) is 23.3. The van der Waals surface area contributed by atoms with Crippen molar-refractivity contribution in [3.05, 3.63) is 48.5 Å². The van der Waals surface area contributed by atoms with Gasteiger partial charge in [-0.15, -0.1) is 0 Å². The van der Waals surface area contributed by atoms with Gasteiger partial charge in [0.05, 0.1) is 12.4 Å². The van der Waals surface area contributed by atoms with Crippen molar-refractivity contribution in [2.75, 3.05) is 7.11 Å². The molecular weight excluding hydrogens is 443 g/mol. The Morgan fingerprint density at radius 1 is 0.735 bits per heavy atom. The van der Waals surface area contributed by atoms with Gasteiger partial charge in [-0.25, -0.2) is 0 Å². The van der Waals surface area contributed by atoms with E-state index in [1.165, 1.54) is 12.8 Å². The molecule has 0 spiro atoms. The second-order valence-electron chi connectivity index (χ2n) is 9.96. The van der Waals surface area contributed by atoms with Gasteiger partial charge in [0.25, 0.3) is 0 Å². The molecule has 2 fully saturated rings. The van der Waals surface area contributed by atoms with Crippen molar-refractivity contribution in [3.63, 3.8) is 0 Å². The highest BCUT2D eigenvalue weighted by molar-refractivity contribution is 7.73. The quantitative estimate of drug-likeness (QED) is 0.293. The minimum atomic E-state index is -3.09. The number of phenolic OH excluding ortho intramolecular Hbond substituents is 2. The highest BCUT2D eigenvalue weighted by Gasteiger charge is 2.46. The number of phenols is 2. The number of methoxy groups -OCH3 is 1. The average molecular weight is 479 g/mol. The number of rotatable bonds is 5. The molecule has 0 unspecified atom stereocenters. The monoisotopic (exact) mass is 478 g/mol. The zero-order valence-electron chi connectivity index (χ0n) is 20.0. The third-order valence-electron chi connectivity index (χ3n) is 8.10. The summed E-state index contributed by atoms with van der Waals surface area (Å²) in [6.45, 7) is 0. The van der Waals surface area contributed by atoms with E-state index in [9.17, 15) is 10.2 Å². The summed E-state index contributed by atoms with van der Waals surface area (Å²) in [6, 6.07) is 14.9. The number of hydrogen-bond acceptors (Lipinski definition) is 4. The lowest BCUT2D eigenvalue weighted by Crippen LogP contribution is -2.31. The second kappa shape index (κ2) is 9.66. The van der Waals surface area contributed by atoms with Crippen LogP contribution in [0.4, 0.5) is 0 Å². The topological polar surface area (TPSA) is 66.8 Å². The highest BCUT2D eigenvalue weighted by atomic mass is 31.2. The molecule has 0 bridgehead atoms. The predicted molar refractivity (Wildman–Crippen MR) is 140 cm³/mol. The standard InChI is InChI=1S/C29H35O4P/c1-33-25-19-11-10-18-24(25)26-27(30)22-16-8-9-17-23(22)28(31)29(26)34(32,20-12-4-2-5-13-20)21-14-6-3-7-15-21/h8-11,16-21,30-31H,2-7,12-15H2,1H3. The second-order valence-corrected chi connectivity index (χ2v) is 13.3. The Balaban J connectivity index is 1.88. The maximum absolute atomic E-state index is 15.6. The fraction of sp³-hybridized carbons (Fsp3) is 0.448. The van der Waals surface area contributed by atoms with E-state index in [-0.39, 0.29) is 22.8 Å². The van der Waals surface area contributed by atoms with E-state index in [2.05, 4.69) is 0 Å². The third-order valence-corrected chi connectivity index (χ3v) is 12.4. The van der Waals surface area contributed by atoms with Gasteiger partial charge in [0, 0.05) is 33.2 Å². The molecule has 180 valence electrons. The van der Waals surface area contributed by atoms with Crippen LogP contribution in [0.3, 0.4) is 0 Å². The summed E-state index contributed by atoms with van der Waals surface area (Å²) in [5, 5.41) is 25.2. The number of para-hydroxylation sites is 1. The van der Waals surface area contributed by atoms with E-state index in [1.807, 2.05) is 48.5 Å². The molecule has 2 aliphatic carbocycles. The minimum Gasteiger partial charge on any atom is -0.507 e. The molecule has 2 aliphatic rings. The van der Waals surface area contributed by atoms with Crippen LogP contribution in [-0.4, -0.2) is 28.6 Å². The Morgan fingerprint density at radius 3 is 1.79 bits per heavy atom. The van der Waals surface area contributed by atoms with E-state index in [4.69, 9.17) is 4.74 Å². The van der Waals surface area contributed by atoms with Crippen LogP contribution in [0.15, 0.2) is 48.5 Å². The van der Waals surface area contributed by atoms with Crippen molar-refractivity contribution in [3.8, 4) is 28.4 Å². The van der Waals surface area contributed by atoms with Gasteiger partial charge in [-0.05, 0) is 31.7 Å². The van der Waals surface area contributed by atoms with Gasteiger partial charge >= 0.3 is 0 Å². The maximum Gasteiger partial charge on any atom is 0.135 e. The molecule has 0 heterocycles. The minimum absolute atomic E-state index is 0.0456. The van der Waals surface area contributed by atoms with Crippen LogP contribution in [0.1, 0.15) is 64.2 Å². The molecule has 0 aromatic heterocycles. The van der Waals surface area contributed by atoms with Crippen LogP contribution >= 0.6 is 7.14 Å². The Morgan fingerprint density at radius 2 is 1.24 bits per heavy atom. The molecule has 2 N–H and O–H groups in total. The van der Waals surface area contributed by atoms with E-state index in [0.717, 1.165) is 51.4 Å². The fourth-order valence-corrected chi connectivity index (χ4v) is 11.0. The van der Waals surface area contributed by atoms with Gasteiger partial charge in [0.1, 0.15) is 24.4 Å². The molecule has 3 aromatic rings. The van der Waals surface area contributed by atoms with Crippen molar-refractivity contribution in [2.45, 2.75) is 75.5 Å². The number of fused-ring (bicyclic) bond motifs is 1. The summed E-state index contributed by atoms with van der Waals surface area (Å²) in [5.41, 5.74) is 1.27.